The quantitative estimate of drug-likeness (QED) is 0.558. The second-order valence-electron chi connectivity index (χ2n) is 1.94. The van der Waals surface area contributed by atoms with E-state index < -0.39 is 30.9 Å². The van der Waals surface area contributed by atoms with E-state index in [1.165, 1.54) is 7.11 Å². The van der Waals surface area contributed by atoms with E-state index in [0.29, 0.717) is 0 Å². The van der Waals surface area contributed by atoms with Crippen molar-refractivity contribution in [3.8, 4) is 0 Å². The Kier molecular flexibility index (Phi) is 4.22. The lowest BCUT2D eigenvalue weighted by molar-refractivity contribution is 0.189. The molecule has 13 heavy (non-hydrogen) atoms. The number of rotatable bonds is 5. The molecular weight excluding hydrogens is 226 g/mol. The van der Waals surface area contributed by atoms with Gasteiger partial charge in [-0.05, 0) is 3.71 Å². The molecule has 0 rings (SSSR count). The first-order valence-electron chi connectivity index (χ1n) is 2.91. The summed E-state index contributed by atoms with van der Waals surface area (Å²) in [4.78, 5) is 0. The van der Waals surface area contributed by atoms with E-state index in [4.69, 9.17) is 9.11 Å². The summed E-state index contributed by atoms with van der Waals surface area (Å²) in [7, 11) is -8.76. The van der Waals surface area contributed by atoms with Gasteiger partial charge in [-0.25, -0.2) is 0 Å². The highest BCUT2D eigenvalue weighted by Crippen LogP contribution is 2.03. The molecule has 0 aliphatic carbocycles. The largest absolute Gasteiger partial charge is 0.383 e. The van der Waals surface area contributed by atoms with Crippen LogP contribution in [0.3, 0.4) is 0 Å². The highest BCUT2D eigenvalue weighted by Gasteiger charge is 2.30. The maximum Gasteiger partial charge on any atom is 0.351 e. The van der Waals surface area contributed by atoms with Crippen molar-refractivity contribution < 1.29 is 30.7 Å². The lowest BCUT2D eigenvalue weighted by atomic mass is 10.7. The van der Waals surface area contributed by atoms with E-state index in [9.17, 15) is 16.8 Å². The summed E-state index contributed by atoms with van der Waals surface area (Å²) < 4.78 is 62.1. The smallest absolute Gasteiger partial charge is 0.351 e. The number of ether oxygens (including phenoxy) is 1. The van der Waals surface area contributed by atoms with Crippen LogP contribution in [0.2, 0.25) is 0 Å². The molecule has 2 N–H and O–H groups in total. The maximum atomic E-state index is 10.4. The lowest BCUT2D eigenvalue weighted by Gasteiger charge is -2.13. The van der Waals surface area contributed by atoms with Crippen molar-refractivity contribution >= 4 is 20.6 Å². The predicted octanol–water partition coefficient (Wildman–Crippen LogP) is -1.46. The fourth-order valence-corrected chi connectivity index (χ4v) is 2.08. The molecule has 8 nitrogen and oxygen atoms in total. The highest BCUT2D eigenvalue weighted by atomic mass is 32.3. The lowest BCUT2D eigenvalue weighted by Crippen LogP contribution is -2.38. The van der Waals surface area contributed by atoms with E-state index >= 15 is 0 Å². The van der Waals surface area contributed by atoms with Gasteiger partial charge in [-0.1, -0.05) is 0 Å². The SMILES string of the molecule is COCCN(S(=O)(=O)O)S(=O)(=O)O. The van der Waals surface area contributed by atoms with Gasteiger partial charge in [0, 0.05) is 7.11 Å². The third-order valence-electron chi connectivity index (χ3n) is 0.993. The van der Waals surface area contributed by atoms with Crippen molar-refractivity contribution in [2.45, 2.75) is 0 Å². The Labute approximate surface area is 75.9 Å². The molecule has 0 radical (unpaired) electrons. The second-order valence-corrected chi connectivity index (χ2v) is 4.85. The molecule has 10 heteroatoms. The van der Waals surface area contributed by atoms with Crippen LogP contribution in [-0.4, -0.2) is 49.9 Å². The minimum absolute atomic E-state index is 0.278. The van der Waals surface area contributed by atoms with Gasteiger partial charge in [0.15, 0.2) is 0 Å². The van der Waals surface area contributed by atoms with E-state index in [2.05, 4.69) is 4.74 Å². The fourth-order valence-electron chi connectivity index (χ4n) is 0.516. The van der Waals surface area contributed by atoms with Gasteiger partial charge in [-0.15, -0.1) is 0 Å². The third kappa shape index (κ3) is 4.50. The van der Waals surface area contributed by atoms with Gasteiger partial charge < -0.3 is 4.74 Å². The van der Waals surface area contributed by atoms with Gasteiger partial charge in [0.2, 0.25) is 0 Å². The molecule has 0 amide bonds. The molecule has 0 atom stereocenters. The Balaban J connectivity index is 4.81. The van der Waals surface area contributed by atoms with Crippen molar-refractivity contribution in [3.63, 3.8) is 0 Å². The van der Waals surface area contributed by atoms with Crippen molar-refractivity contribution in [2.24, 2.45) is 0 Å². The Hall–Kier alpha value is -0.260. The van der Waals surface area contributed by atoms with Crippen LogP contribution in [0.25, 0.3) is 0 Å². The molecule has 0 heterocycles. The molecule has 0 saturated heterocycles. The van der Waals surface area contributed by atoms with E-state index in [1.807, 2.05) is 0 Å². The summed E-state index contributed by atoms with van der Waals surface area (Å²) in [6.45, 7) is -0.965. The summed E-state index contributed by atoms with van der Waals surface area (Å²) in [5.41, 5.74) is 0. The molecule has 0 aromatic rings. The maximum absolute atomic E-state index is 10.4. The molecule has 0 fully saturated rings. The number of methoxy groups -OCH3 is 1. The summed E-state index contributed by atoms with van der Waals surface area (Å²) in [6, 6.07) is 0. The first-order valence-corrected chi connectivity index (χ1v) is 5.70. The highest BCUT2D eigenvalue weighted by molar-refractivity contribution is 7.98. The molecular formula is C3H9NO7S2. The normalized spacial score (nSPS) is 13.5. The zero-order valence-corrected chi connectivity index (χ0v) is 8.25. The minimum Gasteiger partial charge on any atom is -0.383 e. The van der Waals surface area contributed by atoms with Crippen molar-refractivity contribution in [1.29, 1.82) is 0 Å². The zero-order chi connectivity index (χ0) is 10.7. The Bertz CT molecular complexity index is 310. The molecule has 0 unspecified atom stereocenters. The van der Waals surface area contributed by atoms with Crippen molar-refractivity contribution in [1.82, 2.24) is 3.71 Å². The number of hydrogen-bond acceptors (Lipinski definition) is 5. The predicted molar refractivity (Wildman–Crippen MR) is 41.7 cm³/mol. The Morgan fingerprint density at radius 2 is 1.54 bits per heavy atom. The zero-order valence-electron chi connectivity index (χ0n) is 6.61. The molecule has 0 aromatic carbocycles. The topological polar surface area (TPSA) is 121 Å². The average Bonchev–Trinajstić information content (AvgIpc) is 1.81. The third-order valence-corrected chi connectivity index (χ3v) is 3.52. The van der Waals surface area contributed by atoms with Crippen molar-refractivity contribution in [2.75, 3.05) is 20.3 Å². The second kappa shape index (κ2) is 4.30. The summed E-state index contributed by atoms with van der Waals surface area (Å²) in [5.74, 6) is 0. The van der Waals surface area contributed by atoms with E-state index in [1.54, 1.807) is 0 Å². The molecule has 0 aliphatic heterocycles. The molecule has 0 saturated carbocycles. The van der Waals surface area contributed by atoms with Crippen LogP contribution in [0.1, 0.15) is 0 Å². The number of hydrogen-bond donors (Lipinski definition) is 2. The molecule has 0 aromatic heterocycles. The van der Waals surface area contributed by atoms with Gasteiger partial charge in [-0.2, -0.15) is 16.8 Å². The van der Waals surface area contributed by atoms with Crippen LogP contribution in [-0.2, 0) is 25.3 Å². The summed E-state index contributed by atoms with van der Waals surface area (Å²) >= 11 is 0. The molecule has 0 bridgehead atoms. The minimum atomic E-state index is -4.98. The van der Waals surface area contributed by atoms with Crippen LogP contribution >= 0.6 is 0 Å². The van der Waals surface area contributed by atoms with Crippen LogP contribution in [0.15, 0.2) is 0 Å². The first-order chi connectivity index (χ1) is 5.69. The first kappa shape index (κ1) is 12.7. The van der Waals surface area contributed by atoms with Gasteiger partial charge in [0.1, 0.15) is 0 Å². The van der Waals surface area contributed by atoms with Gasteiger partial charge in [-0.3, -0.25) is 9.11 Å². The Morgan fingerprint density at radius 3 is 1.77 bits per heavy atom. The van der Waals surface area contributed by atoms with Gasteiger partial charge >= 0.3 is 20.6 Å². The standard InChI is InChI=1S/C3H9NO7S2/c1-11-3-2-4(12(5,6)7)13(8,9)10/h2-3H2,1H3,(H,5,6,7)(H,8,9,10). The van der Waals surface area contributed by atoms with Crippen LogP contribution < -0.4 is 0 Å². The van der Waals surface area contributed by atoms with Crippen LogP contribution in [0.5, 0.6) is 0 Å². The van der Waals surface area contributed by atoms with Crippen LogP contribution in [0.4, 0.5) is 0 Å². The van der Waals surface area contributed by atoms with E-state index in [0.717, 1.165) is 0 Å². The van der Waals surface area contributed by atoms with Crippen molar-refractivity contribution in [3.05, 3.63) is 0 Å². The molecule has 0 aliphatic rings. The van der Waals surface area contributed by atoms with Gasteiger partial charge in [0.05, 0.1) is 13.2 Å². The fraction of sp³-hybridized carbons (Fsp3) is 1.00. The molecule has 80 valence electrons. The van der Waals surface area contributed by atoms with E-state index in [-0.39, 0.29) is 6.61 Å². The average molecular weight is 235 g/mol. The number of nitrogens with zero attached hydrogens (tertiary/aromatic N) is 1. The monoisotopic (exact) mass is 235 g/mol. The molecule has 0 spiro atoms. The Morgan fingerprint density at radius 1 is 1.15 bits per heavy atom. The van der Waals surface area contributed by atoms with Crippen LogP contribution in [0, 0.1) is 0 Å². The summed E-state index contributed by atoms with van der Waals surface area (Å²) in [6.07, 6.45) is 0. The van der Waals surface area contributed by atoms with Gasteiger partial charge in [0.25, 0.3) is 0 Å². The summed E-state index contributed by atoms with van der Waals surface area (Å²) in [5, 5.41) is 0.